The highest BCUT2D eigenvalue weighted by molar-refractivity contribution is 7.79. The van der Waals surface area contributed by atoms with Gasteiger partial charge in [-0.2, -0.15) is 25.3 Å². The van der Waals surface area contributed by atoms with Gasteiger partial charge in [0, 0.05) is 28.4 Å². The van der Waals surface area contributed by atoms with Crippen molar-refractivity contribution in [3.63, 3.8) is 0 Å². The van der Waals surface area contributed by atoms with Crippen LogP contribution < -0.4 is 11.5 Å². The molecule has 0 heterocycles. The van der Waals surface area contributed by atoms with Crippen molar-refractivity contribution in [3.05, 3.63) is 22.8 Å². The van der Waals surface area contributed by atoms with Gasteiger partial charge in [-0.05, 0) is 18.1 Å². The van der Waals surface area contributed by atoms with Crippen LogP contribution in [0.3, 0.4) is 0 Å². The highest BCUT2D eigenvalue weighted by atomic mass is 32.1. The zero-order chi connectivity index (χ0) is 10.0. The highest BCUT2D eigenvalue weighted by Gasteiger charge is 2.09. The van der Waals surface area contributed by atoms with Crippen molar-refractivity contribution in [2.45, 2.75) is 18.4 Å². The maximum Gasteiger partial charge on any atom is 0.0416 e. The number of benzene rings is 1. The Morgan fingerprint density at radius 1 is 1.15 bits per heavy atom. The monoisotopic (exact) mass is 214 g/mol. The number of hydrogen-bond donors (Lipinski definition) is 4. The van der Waals surface area contributed by atoms with E-state index in [4.69, 9.17) is 11.5 Å². The van der Waals surface area contributed by atoms with Crippen molar-refractivity contribution in [2.24, 2.45) is 0 Å². The summed E-state index contributed by atoms with van der Waals surface area (Å²) >= 11 is 8.40. The third kappa shape index (κ3) is 1.89. The third-order valence-corrected chi connectivity index (χ3v) is 2.80. The van der Waals surface area contributed by atoms with Crippen LogP contribution >= 0.6 is 25.3 Å². The fourth-order valence-corrected chi connectivity index (χ4v) is 1.90. The molecule has 1 aromatic carbocycles. The molecule has 0 saturated heterocycles. The Morgan fingerprint density at radius 2 is 1.77 bits per heavy atom. The van der Waals surface area contributed by atoms with Crippen LogP contribution in [0.15, 0.2) is 6.07 Å². The lowest BCUT2D eigenvalue weighted by Crippen LogP contribution is -2.04. The minimum atomic E-state index is 0.570. The molecule has 1 aromatic rings. The zero-order valence-corrected chi connectivity index (χ0v) is 9.33. The second-order valence-corrected chi connectivity index (χ2v) is 3.61. The van der Waals surface area contributed by atoms with E-state index in [2.05, 4.69) is 25.3 Å². The molecule has 4 N–H and O–H groups in total. The molecule has 0 unspecified atom stereocenters. The number of aryl methyl sites for hydroxylation is 1. The lowest BCUT2D eigenvalue weighted by Gasteiger charge is -2.13. The maximum absolute atomic E-state index is 5.90. The number of hydrogen-bond acceptors (Lipinski definition) is 4. The molecule has 0 aromatic heterocycles. The summed E-state index contributed by atoms with van der Waals surface area (Å²) in [6, 6.07) is 1.98. The number of rotatable bonds is 2. The summed E-state index contributed by atoms with van der Waals surface area (Å²) in [4.78, 5) is 0. The number of nitrogen functional groups attached to an aromatic ring is 2. The number of nitrogens with two attached hydrogens (primary N) is 2. The van der Waals surface area contributed by atoms with E-state index in [9.17, 15) is 0 Å². The molecule has 0 radical (unpaired) electrons. The van der Waals surface area contributed by atoms with Gasteiger partial charge < -0.3 is 11.5 Å². The van der Waals surface area contributed by atoms with Crippen LogP contribution in [0.4, 0.5) is 11.4 Å². The summed E-state index contributed by atoms with van der Waals surface area (Å²) in [5.74, 6) is 1.20. The summed E-state index contributed by atoms with van der Waals surface area (Å²) in [5, 5.41) is 0. The van der Waals surface area contributed by atoms with Crippen molar-refractivity contribution >= 4 is 36.6 Å². The van der Waals surface area contributed by atoms with Gasteiger partial charge in [0.25, 0.3) is 0 Å². The van der Waals surface area contributed by atoms with E-state index in [1.54, 1.807) is 0 Å². The molecular formula is C9H14N2S2. The minimum absolute atomic E-state index is 0.570. The molecule has 0 bridgehead atoms. The molecule has 0 spiro atoms. The molecule has 0 amide bonds. The molecule has 0 atom stereocenters. The van der Waals surface area contributed by atoms with Gasteiger partial charge in [-0.15, -0.1) is 0 Å². The second kappa shape index (κ2) is 4.15. The first-order valence-corrected chi connectivity index (χ1v) is 5.26. The van der Waals surface area contributed by atoms with Gasteiger partial charge in [-0.3, -0.25) is 0 Å². The maximum atomic E-state index is 5.90. The largest absolute Gasteiger partial charge is 0.398 e. The van der Waals surface area contributed by atoms with E-state index >= 15 is 0 Å². The van der Waals surface area contributed by atoms with Gasteiger partial charge in [0.1, 0.15) is 0 Å². The Hall–Kier alpha value is -0.480. The molecule has 13 heavy (non-hydrogen) atoms. The quantitative estimate of drug-likeness (QED) is 0.450. The molecule has 0 aliphatic carbocycles. The van der Waals surface area contributed by atoms with Crippen molar-refractivity contribution in [1.29, 1.82) is 0 Å². The van der Waals surface area contributed by atoms with Crippen LogP contribution in [0.5, 0.6) is 0 Å². The van der Waals surface area contributed by atoms with Crippen LogP contribution in [0.2, 0.25) is 0 Å². The van der Waals surface area contributed by atoms with E-state index in [-0.39, 0.29) is 0 Å². The molecule has 0 aliphatic heterocycles. The first kappa shape index (κ1) is 10.6. The average molecular weight is 214 g/mol. The Balaban J connectivity index is 3.39. The first-order chi connectivity index (χ1) is 6.11. The Bertz CT molecular complexity index is 324. The van der Waals surface area contributed by atoms with Crippen LogP contribution in [0, 0.1) is 6.92 Å². The van der Waals surface area contributed by atoms with Crippen LogP contribution in [0.25, 0.3) is 0 Å². The van der Waals surface area contributed by atoms with Crippen LogP contribution in [0.1, 0.15) is 16.7 Å². The zero-order valence-electron chi connectivity index (χ0n) is 7.54. The predicted molar refractivity (Wildman–Crippen MR) is 65.4 cm³/mol. The molecule has 1 rings (SSSR count). The SMILES string of the molecule is Cc1cc(CS)c(N)c(CS)c1N. The van der Waals surface area contributed by atoms with Crippen molar-refractivity contribution < 1.29 is 0 Å². The predicted octanol–water partition coefficient (Wildman–Crippen LogP) is 2.02. The van der Waals surface area contributed by atoms with E-state index in [1.165, 1.54) is 0 Å². The average Bonchev–Trinajstić information content (AvgIpc) is 2.12. The van der Waals surface area contributed by atoms with Crippen LogP contribution in [-0.2, 0) is 11.5 Å². The topological polar surface area (TPSA) is 52.0 Å². The summed E-state index contributed by atoms with van der Waals surface area (Å²) in [7, 11) is 0. The van der Waals surface area contributed by atoms with Gasteiger partial charge in [-0.25, -0.2) is 0 Å². The molecule has 0 aliphatic rings. The molecule has 72 valence electrons. The lowest BCUT2D eigenvalue weighted by molar-refractivity contribution is 1.30. The molecular weight excluding hydrogens is 200 g/mol. The van der Waals surface area contributed by atoms with Crippen molar-refractivity contribution in [2.75, 3.05) is 11.5 Å². The van der Waals surface area contributed by atoms with Crippen LogP contribution in [-0.4, -0.2) is 0 Å². The first-order valence-electron chi connectivity index (χ1n) is 3.99. The van der Waals surface area contributed by atoms with Gasteiger partial charge in [0.15, 0.2) is 0 Å². The molecule has 2 nitrogen and oxygen atoms in total. The summed E-state index contributed by atoms with van der Waals surface area (Å²) in [5.41, 5.74) is 16.2. The van der Waals surface area contributed by atoms with Gasteiger partial charge in [0.2, 0.25) is 0 Å². The number of anilines is 2. The van der Waals surface area contributed by atoms with Crippen molar-refractivity contribution in [3.8, 4) is 0 Å². The third-order valence-electron chi connectivity index (χ3n) is 2.14. The Kier molecular flexibility index (Phi) is 3.39. The molecule has 0 fully saturated rings. The summed E-state index contributed by atoms with van der Waals surface area (Å²) in [6.07, 6.45) is 0. The smallest absolute Gasteiger partial charge is 0.0416 e. The Morgan fingerprint density at radius 3 is 2.23 bits per heavy atom. The minimum Gasteiger partial charge on any atom is -0.398 e. The standard InChI is InChI=1S/C9H14N2S2/c1-5-2-6(3-12)9(11)7(4-13)8(5)10/h2,12-13H,3-4,10-11H2,1H3. The van der Waals surface area contributed by atoms with Gasteiger partial charge >= 0.3 is 0 Å². The second-order valence-electron chi connectivity index (χ2n) is 2.97. The van der Waals surface area contributed by atoms with Gasteiger partial charge in [0.05, 0.1) is 0 Å². The fourth-order valence-electron chi connectivity index (χ4n) is 1.29. The number of thiol groups is 2. The molecule has 4 heteroatoms. The lowest BCUT2D eigenvalue weighted by atomic mass is 10.0. The van der Waals surface area contributed by atoms with E-state index < -0.39 is 0 Å². The normalized spacial score (nSPS) is 10.4. The highest BCUT2D eigenvalue weighted by Crippen LogP contribution is 2.29. The fraction of sp³-hybridized carbons (Fsp3) is 0.333. The Labute approximate surface area is 89.5 Å². The molecule has 0 saturated carbocycles. The van der Waals surface area contributed by atoms with E-state index in [0.717, 1.165) is 28.1 Å². The van der Waals surface area contributed by atoms with Crippen molar-refractivity contribution in [1.82, 2.24) is 0 Å². The van der Waals surface area contributed by atoms with E-state index in [0.29, 0.717) is 11.5 Å². The summed E-state index contributed by atoms with van der Waals surface area (Å²) in [6.45, 7) is 1.97. The van der Waals surface area contributed by atoms with Gasteiger partial charge in [-0.1, -0.05) is 6.07 Å². The van der Waals surface area contributed by atoms with E-state index in [1.807, 2.05) is 13.0 Å². The summed E-state index contributed by atoms with van der Waals surface area (Å²) < 4.78 is 0.